The van der Waals surface area contributed by atoms with Crippen LogP contribution in [0.5, 0.6) is 0 Å². The van der Waals surface area contributed by atoms with Crippen molar-refractivity contribution in [2.45, 2.75) is 33.4 Å². The van der Waals surface area contributed by atoms with Crippen molar-refractivity contribution in [2.24, 2.45) is 0 Å². The van der Waals surface area contributed by atoms with Crippen LogP contribution in [-0.2, 0) is 0 Å². The predicted molar refractivity (Wildman–Crippen MR) is 118 cm³/mol. The summed E-state index contributed by atoms with van der Waals surface area (Å²) in [6.45, 7) is 8.83. The van der Waals surface area contributed by atoms with Crippen LogP contribution in [0.2, 0.25) is 0 Å². The molecule has 5 rings (SSSR count). The number of para-hydroxylation sites is 2. The van der Waals surface area contributed by atoms with Crippen LogP contribution in [0.3, 0.4) is 0 Å². The number of benzene rings is 1. The van der Waals surface area contributed by atoms with E-state index in [0.717, 1.165) is 22.5 Å². The summed E-state index contributed by atoms with van der Waals surface area (Å²) in [5.41, 5.74) is 6.39. The second-order valence-electron chi connectivity index (χ2n) is 8.41. The largest absolute Gasteiger partial charge is 0.436 e. The molecule has 2 aliphatic heterocycles. The lowest BCUT2D eigenvalue weighted by Crippen LogP contribution is -2.63. The highest BCUT2D eigenvalue weighted by molar-refractivity contribution is 6.76. The maximum atomic E-state index is 6.11. The molecule has 0 unspecified atom stereocenters. The highest BCUT2D eigenvalue weighted by atomic mass is 16.3. The second-order valence-corrected chi connectivity index (χ2v) is 8.41. The molecule has 0 N–H and O–H groups in total. The Hall–Kier alpha value is -2.89. The molecule has 2 aliphatic rings. The molecule has 2 aromatic heterocycles. The Morgan fingerprint density at radius 1 is 1.00 bits per heavy atom. The van der Waals surface area contributed by atoms with Gasteiger partial charge in [-0.2, -0.15) is 0 Å². The van der Waals surface area contributed by atoms with Crippen molar-refractivity contribution in [3.05, 3.63) is 53.3 Å². The molecule has 4 heterocycles. The maximum Gasteiger partial charge on any atom is 0.408 e. The van der Waals surface area contributed by atoms with Gasteiger partial charge >= 0.3 is 6.98 Å². The minimum Gasteiger partial charge on any atom is -0.436 e. The van der Waals surface area contributed by atoms with E-state index < -0.39 is 0 Å². The van der Waals surface area contributed by atoms with E-state index in [-0.39, 0.29) is 12.6 Å². The number of pyridine rings is 1. The Morgan fingerprint density at radius 3 is 2.46 bits per heavy atom. The molecule has 5 nitrogen and oxygen atoms in total. The van der Waals surface area contributed by atoms with Gasteiger partial charge < -0.3 is 18.9 Å². The Bertz CT molecular complexity index is 1130. The van der Waals surface area contributed by atoms with Gasteiger partial charge in [0.25, 0.3) is 0 Å². The standard InChI is InChI=1S/C22H25BN4O/c1-14-13-19-20(16-12-11-15(2)24-21(16)28-19)26(6)23(14)27-18-10-8-7-9-17(18)25(5)22(27,3)4/h7-13H,1-6H3. The molecule has 0 radical (unpaired) electrons. The first-order valence-electron chi connectivity index (χ1n) is 9.74. The first kappa shape index (κ1) is 17.2. The molecular formula is C22H25BN4O. The number of hydrogen-bond donors (Lipinski definition) is 0. The molecule has 0 aliphatic carbocycles. The van der Waals surface area contributed by atoms with E-state index in [0.29, 0.717) is 5.71 Å². The van der Waals surface area contributed by atoms with Gasteiger partial charge in [0.2, 0.25) is 5.71 Å². The van der Waals surface area contributed by atoms with Crippen molar-refractivity contribution < 1.29 is 4.42 Å². The topological polar surface area (TPSA) is 35.8 Å². The van der Waals surface area contributed by atoms with E-state index in [2.05, 4.69) is 96.8 Å². The third kappa shape index (κ3) is 2.11. The van der Waals surface area contributed by atoms with Crippen molar-refractivity contribution in [2.75, 3.05) is 28.6 Å². The van der Waals surface area contributed by atoms with E-state index in [9.17, 15) is 0 Å². The van der Waals surface area contributed by atoms with Crippen LogP contribution in [0.25, 0.3) is 17.2 Å². The fourth-order valence-electron chi connectivity index (χ4n) is 4.76. The average molecular weight is 372 g/mol. The summed E-state index contributed by atoms with van der Waals surface area (Å²) < 4.78 is 6.11. The molecule has 0 spiro atoms. The first-order chi connectivity index (χ1) is 13.3. The van der Waals surface area contributed by atoms with E-state index >= 15 is 0 Å². The SMILES string of the molecule is CC1=Cc2oc3nc(C)ccc3c2N(C)B1N1c2ccccc2N(C)C1(C)C. The van der Waals surface area contributed by atoms with Crippen molar-refractivity contribution in [1.82, 2.24) is 4.98 Å². The van der Waals surface area contributed by atoms with Crippen molar-refractivity contribution >= 4 is 41.2 Å². The predicted octanol–water partition coefficient (Wildman–Crippen LogP) is 4.71. The zero-order valence-corrected chi connectivity index (χ0v) is 17.3. The molecule has 0 atom stereocenters. The summed E-state index contributed by atoms with van der Waals surface area (Å²) in [5.74, 6) is 0.892. The van der Waals surface area contributed by atoms with Crippen LogP contribution in [0.15, 0.2) is 46.3 Å². The third-order valence-corrected chi connectivity index (χ3v) is 6.34. The number of allylic oxidation sites excluding steroid dienone is 1. The van der Waals surface area contributed by atoms with Crippen LogP contribution < -0.4 is 14.5 Å². The van der Waals surface area contributed by atoms with Gasteiger partial charge in [-0.15, -0.1) is 0 Å². The van der Waals surface area contributed by atoms with Gasteiger partial charge in [0, 0.05) is 12.7 Å². The number of rotatable bonds is 1. The maximum absolute atomic E-state index is 6.11. The van der Waals surface area contributed by atoms with Gasteiger partial charge in [0.05, 0.1) is 28.1 Å². The van der Waals surface area contributed by atoms with Gasteiger partial charge in [-0.3, -0.25) is 0 Å². The highest BCUT2D eigenvalue weighted by Gasteiger charge is 2.49. The quantitative estimate of drug-likeness (QED) is 0.578. The summed E-state index contributed by atoms with van der Waals surface area (Å²) in [7, 11) is 4.33. The Balaban J connectivity index is 1.70. The Morgan fingerprint density at radius 2 is 1.71 bits per heavy atom. The minimum atomic E-state index is -0.163. The zero-order chi connectivity index (χ0) is 19.8. The fourth-order valence-corrected chi connectivity index (χ4v) is 4.76. The molecule has 6 heteroatoms. The molecule has 0 amide bonds. The van der Waals surface area contributed by atoms with Crippen molar-refractivity contribution in [1.29, 1.82) is 0 Å². The molecule has 1 aromatic carbocycles. The molecule has 28 heavy (non-hydrogen) atoms. The normalized spacial score (nSPS) is 17.9. The van der Waals surface area contributed by atoms with Crippen LogP contribution in [0, 0.1) is 6.92 Å². The Labute approximate surface area is 166 Å². The number of aromatic nitrogens is 1. The first-order valence-corrected chi connectivity index (χ1v) is 9.74. The van der Waals surface area contributed by atoms with Gasteiger partial charge in [-0.25, -0.2) is 4.98 Å². The molecule has 0 fully saturated rings. The van der Waals surface area contributed by atoms with Crippen LogP contribution in [-0.4, -0.2) is 31.7 Å². The lowest BCUT2D eigenvalue weighted by atomic mass is 9.60. The summed E-state index contributed by atoms with van der Waals surface area (Å²) in [4.78, 5) is 11.8. The van der Waals surface area contributed by atoms with E-state index in [4.69, 9.17) is 4.42 Å². The van der Waals surface area contributed by atoms with Gasteiger partial charge in [0.1, 0.15) is 0 Å². The molecule has 0 saturated heterocycles. The zero-order valence-electron chi connectivity index (χ0n) is 17.3. The summed E-state index contributed by atoms with van der Waals surface area (Å²) >= 11 is 0. The number of nitrogens with zero attached hydrogens (tertiary/aromatic N) is 4. The monoisotopic (exact) mass is 372 g/mol. The van der Waals surface area contributed by atoms with Crippen molar-refractivity contribution in [3.8, 4) is 0 Å². The molecule has 3 aromatic rings. The third-order valence-electron chi connectivity index (χ3n) is 6.34. The highest BCUT2D eigenvalue weighted by Crippen LogP contribution is 2.48. The molecule has 142 valence electrons. The summed E-state index contributed by atoms with van der Waals surface area (Å²) in [6, 6.07) is 12.8. The van der Waals surface area contributed by atoms with E-state index in [1.165, 1.54) is 16.8 Å². The van der Waals surface area contributed by atoms with Crippen LogP contribution in [0.4, 0.5) is 17.1 Å². The van der Waals surface area contributed by atoms with Gasteiger partial charge in [-0.1, -0.05) is 17.6 Å². The Kier molecular flexibility index (Phi) is 3.42. The smallest absolute Gasteiger partial charge is 0.408 e. The number of aryl methyl sites for hydroxylation is 1. The molecule has 0 saturated carbocycles. The average Bonchev–Trinajstić information content (AvgIpc) is 3.09. The van der Waals surface area contributed by atoms with Gasteiger partial charge in [0.15, 0.2) is 5.76 Å². The number of anilines is 3. The summed E-state index contributed by atoms with van der Waals surface area (Å²) in [5, 5.41) is 1.07. The molecular weight excluding hydrogens is 347 g/mol. The fraction of sp³-hybridized carbons (Fsp3) is 0.318. The number of hydrogen-bond acceptors (Lipinski definition) is 5. The van der Waals surface area contributed by atoms with Crippen LogP contribution in [0.1, 0.15) is 32.2 Å². The summed E-state index contributed by atoms with van der Waals surface area (Å²) in [6.07, 6.45) is 2.17. The van der Waals surface area contributed by atoms with Crippen LogP contribution >= 0.6 is 0 Å². The molecule has 0 bridgehead atoms. The second kappa shape index (κ2) is 5.57. The van der Waals surface area contributed by atoms with E-state index in [1.54, 1.807) is 0 Å². The minimum absolute atomic E-state index is 0.0932. The number of fused-ring (bicyclic) bond motifs is 4. The van der Waals surface area contributed by atoms with E-state index in [1.807, 2.05) is 6.92 Å². The van der Waals surface area contributed by atoms with Gasteiger partial charge in [-0.05, 0) is 65.1 Å². The number of furan rings is 1. The lowest BCUT2D eigenvalue weighted by molar-refractivity contribution is 0.533. The van der Waals surface area contributed by atoms with Crippen molar-refractivity contribution in [3.63, 3.8) is 0 Å². The lowest BCUT2D eigenvalue weighted by Gasteiger charge is -2.46.